The van der Waals surface area contributed by atoms with E-state index in [0.29, 0.717) is 17.9 Å². The lowest BCUT2D eigenvalue weighted by Crippen LogP contribution is -2.26. The zero-order valence-electron chi connectivity index (χ0n) is 11.1. The lowest BCUT2D eigenvalue weighted by atomic mass is 9.95. The van der Waals surface area contributed by atoms with Gasteiger partial charge in [0.15, 0.2) is 0 Å². The predicted octanol–water partition coefficient (Wildman–Crippen LogP) is 3.50. The van der Waals surface area contributed by atoms with E-state index in [1.807, 2.05) is 13.8 Å². The molecule has 0 aliphatic rings. The van der Waals surface area contributed by atoms with Gasteiger partial charge in [-0.25, -0.2) is 0 Å². The number of hydrogen-bond acceptors (Lipinski definition) is 2. The molecule has 0 bridgehead atoms. The summed E-state index contributed by atoms with van der Waals surface area (Å²) < 4.78 is 37.7. The summed E-state index contributed by atoms with van der Waals surface area (Å²) in [5, 5.41) is 9.91. The number of hydrogen-bond donors (Lipinski definition) is 2. The summed E-state index contributed by atoms with van der Waals surface area (Å²) in [6.07, 6.45) is -3.95. The third-order valence-corrected chi connectivity index (χ3v) is 3.05. The van der Waals surface area contributed by atoms with Crippen molar-refractivity contribution < 1.29 is 18.3 Å². The van der Waals surface area contributed by atoms with Crippen LogP contribution in [0, 0.1) is 5.92 Å². The van der Waals surface area contributed by atoms with Crippen molar-refractivity contribution in [3.8, 4) is 0 Å². The van der Waals surface area contributed by atoms with Gasteiger partial charge in [-0.2, -0.15) is 13.2 Å². The Kier molecular flexibility index (Phi) is 5.38. The van der Waals surface area contributed by atoms with Crippen LogP contribution in [-0.2, 0) is 6.18 Å². The summed E-state index contributed by atoms with van der Waals surface area (Å²) in [6, 6.07) is 4.03. The van der Waals surface area contributed by atoms with E-state index in [9.17, 15) is 18.3 Å². The van der Waals surface area contributed by atoms with Gasteiger partial charge < -0.3 is 10.8 Å². The molecular weight excluding hydrogens is 255 g/mol. The molecule has 1 aromatic rings. The van der Waals surface area contributed by atoms with Crippen LogP contribution in [0.25, 0.3) is 0 Å². The van der Waals surface area contributed by atoms with Gasteiger partial charge in [-0.3, -0.25) is 0 Å². The highest BCUT2D eigenvalue weighted by Gasteiger charge is 2.31. The molecule has 0 aliphatic carbocycles. The van der Waals surface area contributed by atoms with Gasteiger partial charge in [-0.1, -0.05) is 26.0 Å². The third-order valence-electron chi connectivity index (χ3n) is 3.05. The number of alkyl halides is 3. The van der Waals surface area contributed by atoms with Gasteiger partial charge in [0, 0.05) is 0 Å². The Bertz CT molecular complexity index is 404. The van der Waals surface area contributed by atoms with Crippen LogP contribution in [0.15, 0.2) is 24.3 Å². The van der Waals surface area contributed by atoms with Crippen LogP contribution >= 0.6 is 0 Å². The molecule has 0 saturated heterocycles. The molecule has 5 heteroatoms. The molecule has 0 saturated carbocycles. The molecule has 0 aromatic heterocycles. The third kappa shape index (κ3) is 4.84. The van der Waals surface area contributed by atoms with Crippen molar-refractivity contribution in [2.75, 3.05) is 0 Å². The highest BCUT2D eigenvalue weighted by atomic mass is 19.4. The van der Waals surface area contributed by atoms with Crippen LogP contribution in [0.3, 0.4) is 0 Å². The fourth-order valence-corrected chi connectivity index (χ4v) is 1.83. The molecule has 0 unspecified atom stereocenters. The maximum Gasteiger partial charge on any atom is 0.416 e. The first-order chi connectivity index (χ1) is 8.71. The number of aliphatic hydroxyl groups is 1. The Morgan fingerprint density at radius 2 is 1.84 bits per heavy atom. The first-order valence-corrected chi connectivity index (χ1v) is 6.32. The second-order valence-electron chi connectivity index (χ2n) is 5.19. The van der Waals surface area contributed by atoms with Crippen LogP contribution in [0.2, 0.25) is 0 Å². The van der Waals surface area contributed by atoms with E-state index < -0.39 is 23.9 Å². The van der Waals surface area contributed by atoms with Crippen molar-refractivity contribution >= 4 is 0 Å². The van der Waals surface area contributed by atoms with Gasteiger partial charge in [0.2, 0.25) is 0 Å². The zero-order valence-corrected chi connectivity index (χ0v) is 11.1. The molecule has 0 radical (unpaired) electrons. The summed E-state index contributed by atoms with van der Waals surface area (Å²) in [6.45, 7) is 4.03. The SMILES string of the molecule is CC(C)CC[C@@H](O)[C@@H](N)c1cccc(C(F)(F)F)c1. The fraction of sp³-hybridized carbons (Fsp3) is 0.571. The number of rotatable bonds is 5. The van der Waals surface area contributed by atoms with Crippen molar-refractivity contribution in [3.05, 3.63) is 35.4 Å². The molecule has 19 heavy (non-hydrogen) atoms. The number of aliphatic hydroxyl groups excluding tert-OH is 1. The van der Waals surface area contributed by atoms with Crippen LogP contribution < -0.4 is 5.73 Å². The Balaban J connectivity index is 2.79. The van der Waals surface area contributed by atoms with Crippen LogP contribution in [-0.4, -0.2) is 11.2 Å². The number of halogens is 3. The first-order valence-electron chi connectivity index (χ1n) is 6.32. The second-order valence-corrected chi connectivity index (χ2v) is 5.19. The standard InChI is InChI=1S/C14H20F3NO/c1-9(2)6-7-12(19)13(18)10-4-3-5-11(8-10)14(15,16)17/h3-5,8-9,12-13,19H,6-7,18H2,1-2H3/t12-,13+/m1/s1. The Labute approximate surface area is 111 Å². The van der Waals surface area contributed by atoms with Gasteiger partial charge in [0.25, 0.3) is 0 Å². The smallest absolute Gasteiger partial charge is 0.391 e. The molecule has 0 spiro atoms. The Morgan fingerprint density at radius 1 is 1.21 bits per heavy atom. The van der Waals surface area contributed by atoms with Crippen LogP contribution in [0.5, 0.6) is 0 Å². The Morgan fingerprint density at radius 3 is 2.37 bits per heavy atom. The minimum Gasteiger partial charge on any atom is -0.391 e. The zero-order chi connectivity index (χ0) is 14.6. The van der Waals surface area contributed by atoms with Gasteiger partial charge in [0.1, 0.15) is 0 Å². The minimum atomic E-state index is -4.39. The van der Waals surface area contributed by atoms with E-state index in [1.54, 1.807) is 0 Å². The summed E-state index contributed by atoms with van der Waals surface area (Å²) in [7, 11) is 0. The molecule has 0 fully saturated rings. The molecular formula is C14H20F3NO. The topological polar surface area (TPSA) is 46.2 Å². The molecule has 1 aromatic carbocycles. The van der Waals surface area contributed by atoms with Crippen molar-refractivity contribution in [3.63, 3.8) is 0 Å². The molecule has 108 valence electrons. The summed E-state index contributed by atoms with van der Waals surface area (Å²) in [5.74, 6) is 0.420. The van der Waals surface area contributed by atoms with E-state index >= 15 is 0 Å². The van der Waals surface area contributed by atoms with E-state index in [0.717, 1.165) is 18.6 Å². The lowest BCUT2D eigenvalue weighted by Gasteiger charge is -2.21. The van der Waals surface area contributed by atoms with Gasteiger partial charge in [-0.05, 0) is 36.5 Å². The first kappa shape index (κ1) is 16.0. The largest absolute Gasteiger partial charge is 0.416 e. The molecule has 1 rings (SSSR count). The minimum absolute atomic E-state index is 0.311. The van der Waals surface area contributed by atoms with Gasteiger partial charge in [0.05, 0.1) is 17.7 Å². The van der Waals surface area contributed by atoms with Crippen molar-refractivity contribution in [2.24, 2.45) is 11.7 Å². The molecule has 2 atom stereocenters. The van der Waals surface area contributed by atoms with Crippen molar-refractivity contribution in [2.45, 2.75) is 45.0 Å². The molecule has 3 N–H and O–H groups in total. The van der Waals surface area contributed by atoms with Gasteiger partial charge in [-0.15, -0.1) is 0 Å². The van der Waals surface area contributed by atoms with Crippen molar-refractivity contribution in [1.29, 1.82) is 0 Å². The maximum atomic E-state index is 12.6. The highest BCUT2D eigenvalue weighted by Crippen LogP contribution is 2.31. The lowest BCUT2D eigenvalue weighted by molar-refractivity contribution is -0.137. The predicted molar refractivity (Wildman–Crippen MR) is 68.5 cm³/mol. The average Bonchev–Trinajstić information content (AvgIpc) is 2.34. The summed E-state index contributed by atoms with van der Waals surface area (Å²) in [4.78, 5) is 0. The van der Waals surface area contributed by atoms with Crippen molar-refractivity contribution in [1.82, 2.24) is 0 Å². The highest BCUT2D eigenvalue weighted by molar-refractivity contribution is 5.28. The van der Waals surface area contributed by atoms with E-state index in [1.165, 1.54) is 12.1 Å². The molecule has 2 nitrogen and oxygen atoms in total. The number of nitrogens with two attached hydrogens (primary N) is 1. The summed E-state index contributed by atoms with van der Waals surface area (Å²) >= 11 is 0. The Hall–Kier alpha value is -1.07. The molecule has 0 amide bonds. The van der Waals surface area contributed by atoms with Gasteiger partial charge >= 0.3 is 6.18 Å². The fourth-order valence-electron chi connectivity index (χ4n) is 1.83. The molecule has 0 heterocycles. The average molecular weight is 275 g/mol. The quantitative estimate of drug-likeness (QED) is 0.864. The van der Waals surface area contributed by atoms with E-state index in [-0.39, 0.29) is 0 Å². The monoisotopic (exact) mass is 275 g/mol. The van der Waals surface area contributed by atoms with Crippen LogP contribution in [0.4, 0.5) is 13.2 Å². The van der Waals surface area contributed by atoms with Crippen LogP contribution in [0.1, 0.15) is 43.9 Å². The van der Waals surface area contributed by atoms with E-state index in [2.05, 4.69) is 0 Å². The maximum absolute atomic E-state index is 12.6. The molecule has 0 aliphatic heterocycles. The normalized spacial score (nSPS) is 15.6. The number of benzene rings is 1. The van der Waals surface area contributed by atoms with E-state index in [4.69, 9.17) is 5.73 Å². The summed E-state index contributed by atoms with van der Waals surface area (Å²) in [5.41, 5.74) is 5.39. The second kappa shape index (κ2) is 6.39.